The van der Waals surface area contributed by atoms with Gasteiger partial charge in [-0.3, -0.25) is 4.79 Å². The molecule has 0 unspecified atom stereocenters. The van der Waals surface area contributed by atoms with Crippen LogP contribution in [0.1, 0.15) is 32.8 Å². The van der Waals surface area contributed by atoms with E-state index in [1.54, 1.807) is 20.8 Å². The molecule has 0 fully saturated rings. The van der Waals surface area contributed by atoms with Gasteiger partial charge in [-0.2, -0.15) is 0 Å². The highest BCUT2D eigenvalue weighted by Gasteiger charge is 2.25. The molecule has 0 aliphatic rings. The summed E-state index contributed by atoms with van der Waals surface area (Å²) in [4.78, 5) is 24.4. The number of rotatable bonds is 7. The Morgan fingerprint density at radius 2 is 1.79 bits per heavy atom. The lowest BCUT2D eigenvalue weighted by atomic mass is 10.2. The smallest absolute Gasteiger partial charge is 0.408 e. The van der Waals surface area contributed by atoms with Gasteiger partial charge < -0.3 is 15.4 Å². The van der Waals surface area contributed by atoms with E-state index in [0.29, 0.717) is 13.0 Å². The van der Waals surface area contributed by atoms with Crippen LogP contribution >= 0.6 is 0 Å². The van der Waals surface area contributed by atoms with E-state index in [4.69, 9.17) is 4.74 Å². The number of alkyl carbamates (subject to hydrolysis) is 1. The number of ether oxygens (including phenoxy) is 1. The largest absolute Gasteiger partial charge is 0.444 e. The number of carbonyl (C=O) groups excluding carboxylic acids is 2. The fourth-order valence-corrected chi connectivity index (χ4v) is 2.69. The summed E-state index contributed by atoms with van der Waals surface area (Å²) in [5.41, 5.74) is 0.433. The molecule has 1 rings (SSSR count). The van der Waals surface area contributed by atoms with Crippen molar-refractivity contribution in [3.8, 4) is 0 Å². The van der Waals surface area contributed by atoms with Gasteiger partial charge in [0.05, 0.1) is 12.5 Å². The normalized spacial score (nSPS) is 12.6. The molecular weight excluding hydrogens is 324 g/mol. The van der Waals surface area contributed by atoms with Crippen LogP contribution in [0.4, 0.5) is 4.79 Å². The first-order chi connectivity index (χ1) is 11.2. The number of benzene rings is 1. The highest BCUT2D eigenvalue weighted by molar-refractivity contribution is 7.95. The second-order valence-corrected chi connectivity index (χ2v) is 9.26. The van der Waals surface area contributed by atoms with Crippen molar-refractivity contribution in [2.75, 3.05) is 18.3 Å². The van der Waals surface area contributed by atoms with E-state index in [1.165, 1.54) is 0 Å². The molecule has 0 bridgehead atoms. The minimum Gasteiger partial charge on any atom is -0.444 e. The molecule has 2 amide bonds. The number of hydrogen-bond donors (Lipinski definition) is 2. The van der Waals surface area contributed by atoms with Gasteiger partial charge in [0.25, 0.3) is 0 Å². The van der Waals surface area contributed by atoms with Crippen LogP contribution in [0.25, 0.3) is 0 Å². The van der Waals surface area contributed by atoms with Gasteiger partial charge in [0.1, 0.15) is 17.4 Å². The molecule has 0 aromatic heterocycles. The molecule has 0 aliphatic heterocycles. The van der Waals surface area contributed by atoms with Crippen LogP contribution in [-0.4, -0.2) is 41.9 Å². The van der Waals surface area contributed by atoms with Gasteiger partial charge in [-0.1, -0.05) is 30.3 Å². The molecule has 2 N–H and O–H groups in total. The van der Waals surface area contributed by atoms with E-state index in [9.17, 15) is 9.59 Å². The predicted molar refractivity (Wildman–Crippen MR) is 100 cm³/mol. The summed E-state index contributed by atoms with van der Waals surface area (Å²) in [5, 5.41) is 5.58. The summed E-state index contributed by atoms with van der Waals surface area (Å²) < 4.78 is 5.26. The van der Waals surface area contributed by atoms with Crippen LogP contribution in [0, 0.1) is 0 Å². The van der Waals surface area contributed by atoms with Gasteiger partial charge in [-0.15, -0.1) is 0 Å². The molecule has 1 aromatic carbocycles. The molecule has 0 heterocycles. The summed E-state index contributed by atoms with van der Waals surface area (Å²) in [7, 11) is 0.201. The zero-order valence-corrected chi connectivity index (χ0v) is 16.0. The Hall–Kier alpha value is -1.69. The van der Waals surface area contributed by atoms with E-state index in [-0.39, 0.29) is 16.8 Å². The number of hydrogen-bond acceptors (Lipinski definition) is 3. The fourth-order valence-electron chi connectivity index (χ4n) is 1.98. The standard InChI is InChI=1S/C18H28N2O3S/c1-18(2,3)23-17(22)20-15(11-12-24(4)5)16(21)19-13-14-9-7-6-8-10-14/h6-10,15H,11-13H2,1-5H3,(H-,19,20,21,22)/p+1/t15-/m0/s1. The van der Waals surface area contributed by atoms with E-state index < -0.39 is 17.7 Å². The molecule has 0 spiro atoms. The quantitative estimate of drug-likeness (QED) is 0.740. The molecule has 1 aromatic rings. The summed E-state index contributed by atoms with van der Waals surface area (Å²) in [6, 6.07) is 9.11. The first kappa shape index (κ1) is 20.4. The zero-order chi connectivity index (χ0) is 18.2. The maximum atomic E-state index is 12.5. The van der Waals surface area contributed by atoms with E-state index in [1.807, 2.05) is 30.3 Å². The number of carbonyl (C=O) groups is 2. The first-order valence-electron chi connectivity index (χ1n) is 8.03. The van der Waals surface area contributed by atoms with Gasteiger partial charge in [0.2, 0.25) is 5.91 Å². The van der Waals surface area contributed by atoms with E-state index in [0.717, 1.165) is 11.3 Å². The maximum Gasteiger partial charge on any atom is 0.408 e. The molecule has 24 heavy (non-hydrogen) atoms. The van der Waals surface area contributed by atoms with Crippen molar-refractivity contribution in [1.29, 1.82) is 0 Å². The Balaban J connectivity index is 2.62. The van der Waals surface area contributed by atoms with Gasteiger partial charge in [0, 0.05) is 13.0 Å². The van der Waals surface area contributed by atoms with Crippen molar-refractivity contribution in [2.24, 2.45) is 0 Å². The summed E-state index contributed by atoms with van der Waals surface area (Å²) >= 11 is 0. The van der Waals surface area contributed by atoms with Crippen LogP contribution in [0.3, 0.4) is 0 Å². The molecule has 134 valence electrons. The van der Waals surface area contributed by atoms with Crippen LogP contribution in [0.2, 0.25) is 0 Å². The summed E-state index contributed by atoms with van der Waals surface area (Å²) in [6.07, 6.45) is 4.27. The minimum atomic E-state index is -0.588. The molecule has 1 atom stereocenters. The van der Waals surface area contributed by atoms with Crippen molar-refractivity contribution in [1.82, 2.24) is 10.6 Å². The number of amides is 2. The molecule has 6 heteroatoms. The lowest BCUT2D eigenvalue weighted by molar-refractivity contribution is -0.123. The van der Waals surface area contributed by atoms with Crippen LogP contribution in [0.5, 0.6) is 0 Å². The third-order valence-electron chi connectivity index (χ3n) is 3.13. The average molecular weight is 354 g/mol. The van der Waals surface area contributed by atoms with E-state index >= 15 is 0 Å². The molecule has 0 aliphatic carbocycles. The van der Waals surface area contributed by atoms with Gasteiger partial charge in [-0.25, -0.2) is 4.79 Å². The third kappa shape index (κ3) is 8.82. The van der Waals surface area contributed by atoms with E-state index in [2.05, 4.69) is 23.1 Å². The minimum absolute atomic E-state index is 0.185. The van der Waals surface area contributed by atoms with Crippen molar-refractivity contribution in [2.45, 2.75) is 45.4 Å². The van der Waals surface area contributed by atoms with Crippen molar-refractivity contribution in [3.05, 3.63) is 35.9 Å². The molecule has 0 radical (unpaired) electrons. The molecule has 0 saturated carbocycles. The Morgan fingerprint density at radius 3 is 2.33 bits per heavy atom. The second kappa shape index (κ2) is 9.57. The highest BCUT2D eigenvalue weighted by atomic mass is 32.2. The zero-order valence-electron chi connectivity index (χ0n) is 15.2. The Kier molecular flexibility index (Phi) is 8.11. The van der Waals surface area contributed by atoms with Crippen LogP contribution < -0.4 is 10.6 Å². The molecule has 0 saturated heterocycles. The Labute approximate surface area is 147 Å². The Morgan fingerprint density at radius 1 is 1.17 bits per heavy atom. The topological polar surface area (TPSA) is 67.4 Å². The van der Waals surface area contributed by atoms with Gasteiger partial charge in [0.15, 0.2) is 0 Å². The molecular formula is C18H29N2O3S+. The second-order valence-electron chi connectivity index (χ2n) is 6.88. The lowest BCUT2D eigenvalue weighted by Crippen LogP contribution is -2.48. The maximum absolute atomic E-state index is 12.5. The lowest BCUT2D eigenvalue weighted by Gasteiger charge is -2.23. The monoisotopic (exact) mass is 353 g/mol. The summed E-state index contributed by atoms with van der Waals surface area (Å²) in [5.74, 6) is 0.689. The summed E-state index contributed by atoms with van der Waals surface area (Å²) in [6.45, 7) is 5.84. The van der Waals surface area contributed by atoms with Crippen LogP contribution in [-0.2, 0) is 27.0 Å². The highest BCUT2D eigenvalue weighted by Crippen LogP contribution is 2.08. The van der Waals surface area contributed by atoms with Crippen molar-refractivity contribution in [3.63, 3.8) is 0 Å². The predicted octanol–water partition coefficient (Wildman–Crippen LogP) is 2.46. The van der Waals surface area contributed by atoms with Crippen molar-refractivity contribution < 1.29 is 14.3 Å². The average Bonchev–Trinajstić information content (AvgIpc) is 2.48. The van der Waals surface area contributed by atoms with Gasteiger partial charge >= 0.3 is 6.09 Å². The van der Waals surface area contributed by atoms with Gasteiger partial charge in [-0.05, 0) is 37.2 Å². The van der Waals surface area contributed by atoms with Crippen molar-refractivity contribution >= 4 is 22.9 Å². The fraction of sp³-hybridized carbons (Fsp3) is 0.556. The SMILES string of the molecule is C[S+](C)CC[C@H](NC(=O)OC(C)(C)C)C(=O)NCc1ccccc1. The number of nitrogens with one attached hydrogen (secondary N) is 2. The molecule has 5 nitrogen and oxygen atoms in total. The third-order valence-corrected chi connectivity index (χ3v) is 4.18. The van der Waals surface area contributed by atoms with Crippen LogP contribution in [0.15, 0.2) is 30.3 Å². The Bertz CT molecular complexity index is 527. The first-order valence-corrected chi connectivity index (χ1v) is 10.2.